The van der Waals surface area contributed by atoms with Gasteiger partial charge in [0.05, 0.1) is 17.4 Å². The number of aromatic nitrogens is 1. The van der Waals surface area contributed by atoms with E-state index in [4.69, 9.17) is 11.5 Å². The minimum absolute atomic E-state index is 0.312. The molecule has 1 fully saturated rings. The minimum atomic E-state index is -0.531. The molecule has 1 saturated heterocycles. The molecule has 0 spiro atoms. The van der Waals surface area contributed by atoms with Crippen LogP contribution in [0.3, 0.4) is 0 Å². The summed E-state index contributed by atoms with van der Waals surface area (Å²) in [7, 11) is 0. The summed E-state index contributed by atoms with van der Waals surface area (Å²) < 4.78 is 0. The maximum atomic E-state index is 11.2. The molecule has 0 aromatic carbocycles. The third-order valence-electron chi connectivity index (χ3n) is 3.79. The van der Waals surface area contributed by atoms with E-state index in [1.165, 1.54) is 25.5 Å². The number of nitrogens with zero attached hydrogens (tertiary/aromatic N) is 2. The molecule has 0 radical (unpaired) electrons. The maximum Gasteiger partial charge on any atom is 0.250 e. The fourth-order valence-corrected chi connectivity index (χ4v) is 2.52. The first kappa shape index (κ1) is 14.6. The SMILES string of the molecule is CC(CNc1cc(C(N)=O)c(N)cn1)N1CCCCC1. The van der Waals surface area contributed by atoms with Crippen LogP contribution in [-0.2, 0) is 0 Å². The quantitative estimate of drug-likeness (QED) is 0.747. The lowest BCUT2D eigenvalue weighted by atomic mass is 10.1. The zero-order valence-corrected chi connectivity index (χ0v) is 11.9. The minimum Gasteiger partial charge on any atom is -0.397 e. The van der Waals surface area contributed by atoms with Gasteiger partial charge in [0.1, 0.15) is 5.82 Å². The highest BCUT2D eigenvalue weighted by Gasteiger charge is 2.16. The number of pyridine rings is 1. The highest BCUT2D eigenvalue weighted by Crippen LogP contribution is 2.15. The van der Waals surface area contributed by atoms with Crippen LogP contribution in [0.15, 0.2) is 12.3 Å². The lowest BCUT2D eigenvalue weighted by Gasteiger charge is -2.32. The lowest BCUT2D eigenvalue weighted by molar-refractivity contribution is 0.100. The van der Waals surface area contributed by atoms with Gasteiger partial charge in [-0.15, -0.1) is 0 Å². The maximum absolute atomic E-state index is 11.2. The van der Waals surface area contributed by atoms with E-state index in [-0.39, 0.29) is 0 Å². The molecule has 2 heterocycles. The highest BCUT2D eigenvalue weighted by atomic mass is 16.1. The number of primary amides is 1. The van der Waals surface area contributed by atoms with Crippen molar-refractivity contribution in [1.82, 2.24) is 9.88 Å². The molecule has 0 bridgehead atoms. The van der Waals surface area contributed by atoms with E-state index in [0.717, 1.165) is 19.6 Å². The second-order valence-electron chi connectivity index (χ2n) is 5.35. The topological polar surface area (TPSA) is 97.3 Å². The number of hydrogen-bond acceptors (Lipinski definition) is 5. The fraction of sp³-hybridized carbons (Fsp3) is 0.571. The number of carbonyl (C=O) groups excluding carboxylic acids is 1. The van der Waals surface area contributed by atoms with Gasteiger partial charge in [-0.2, -0.15) is 0 Å². The number of piperidine rings is 1. The normalized spacial score (nSPS) is 17.6. The third kappa shape index (κ3) is 3.60. The van der Waals surface area contributed by atoms with Crippen LogP contribution in [0.25, 0.3) is 0 Å². The summed E-state index contributed by atoms with van der Waals surface area (Å²) in [5.74, 6) is 0.105. The van der Waals surface area contributed by atoms with E-state index in [2.05, 4.69) is 22.1 Å². The fourth-order valence-electron chi connectivity index (χ4n) is 2.52. The van der Waals surface area contributed by atoms with Gasteiger partial charge in [-0.1, -0.05) is 6.42 Å². The van der Waals surface area contributed by atoms with E-state index in [0.29, 0.717) is 23.1 Å². The summed E-state index contributed by atoms with van der Waals surface area (Å²) >= 11 is 0. The molecule has 6 nitrogen and oxygen atoms in total. The first-order chi connectivity index (χ1) is 9.58. The number of rotatable bonds is 5. The molecule has 1 atom stereocenters. The van der Waals surface area contributed by atoms with Gasteiger partial charge in [0.2, 0.25) is 0 Å². The molecule has 1 aromatic rings. The number of likely N-dealkylation sites (tertiary alicyclic amines) is 1. The highest BCUT2D eigenvalue weighted by molar-refractivity contribution is 5.98. The molecule has 0 aliphatic carbocycles. The lowest BCUT2D eigenvalue weighted by Crippen LogP contribution is -2.41. The summed E-state index contributed by atoms with van der Waals surface area (Å²) in [5.41, 5.74) is 11.6. The van der Waals surface area contributed by atoms with Crippen molar-refractivity contribution in [2.24, 2.45) is 5.73 Å². The first-order valence-corrected chi connectivity index (χ1v) is 7.11. The Morgan fingerprint density at radius 1 is 1.45 bits per heavy atom. The predicted octanol–water partition coefficient (Wildman–Crippen LogP) is 1.05. The summed E-state index contributed by atoms with van der Waals surface area (Å²) in [6.45, 7) is 5.30. The van der Waals surface area contributed by atoms with Gasteiger partial charge in [-0.05, 0) is 38.9 Å². The smallest absolute Gasteiger partial charge is 0.250 e. The van der Waals surface area contributed by atoms with Crippen LogP contribution in [-0.4, -0.2) is 41.5 Å². The number of nitrogens with two attached hydrogens (primary N) is 2. The summed E-state index contributed by atoms with van der Waals surface area (Å²) in [6, 6.07) is 2.05. The van der Waals surface area contributed by atoms with Gasteiger partial charge in [-0.25, -0.2) is 4.98 Å². The van der Waals surface area contributed by atoms with Crippen LogP contribution in [0.2, 0.25) is 0 Å². The summed E-state index contributed by atoms with van der Waals surface area (Å²) in [4.78, 5) is 17.9. The molecule has 110 valence electrons. The first-order valence-electron chi connectivity index (χ1n) is 7.11. The van der Waals surface area contributed by atoms with E-state index in [1.54, 1.807) is 6.07 Å². The molecular weight excluding hydrogens is 254 g/mol. The molecule has 0 saturated carbocycles. The van der Waals surface area contributed by atoms with Crippen molar-refractivity contribution in [3.05, 3.63) is 17.8 Å². The average molecular weight is 277 g/mol. The van der Waals surface area contributed by atoms with Crippen LogP contribution >= 0.6 is 0 Å². The Balaban J connectivity index is 1.93. The molecule has 2 rings (SSSR count). The monoisotopic (exact) mass is 277 g/mol. The molecule has 1 unspecified atom stereocenters. The third-order valence-corrected chi connectivity index (χ3v) is 3.79. The van der Waals surface area contributed by atoms with Gasteiger partial charge in [0, 0.05) is 12.6 Å². The van der Waals surface area contributed by atoms with Gasteiger partial charge in [0.25, 0.3) is 5.91 Å². The van der Waals surface area contributed by atoms with Crippen molar-refractivity contribution in [2.75, 3.05) is 30.7 Å². The Bertz CT molecular complexity index is 471. The molecule has 20 heavy (non-hydrogen) atoms. The molecule has 5 N–H and O–H groups in total. The Morgan fingerprint density at radius 2 is 2.15 bits per heavy atom. The van der Waals surface area contributed by atoms with Gasteiger partial charge in [0.15, 0.2) is 0 Å². The Morgan fingerprint density at radius 3 is 2.80 bits per heavy atom. The standard InChI is InChI=1S/C14H23N5O/c1-10(19-5-3-2-4-6-19)8-17-13-7-11(14(16)20)12(15)9-18-13/h7,9-10H,2-6,8,15H2,1H3,(H2,16,20)(H,17,18). The van der Waals surface area contributed by atoms with Crippen molar-refractivity contribution >= 4 is 17.4 Å². The van der Waals surface area contributed by atoms with Crippen molar-refractivity contribution in [2.45, 2.75) is 32.2 Å². The van der Waals surface area contributed by atoms with Crippen molar-refractivity contribution in [3.8, 4) is 0 Å². The largest absolute Gasteiger partial charge is 0.397 e. The van der Waals surface area contributed by atoms with Crippen LogP contribution in [0.4, 0.5) is 11.5 Å². The number of amides is 1. The molecule has 1 aliphatic rings. The molecule has 6 heteroatoms. The number of hydrogen-bond donors (Lipinski definition) is 3. The zero-order valence-electron chi connectivity index (χ0n) is 11.9. The van der Waals surface area contributed by atoms with E-state index < -0.39 is 5.91 Å². The van der Waals surface area contributed by atoms with Crippen LogP contribution in [0.5, 0.6) is 0 Å². The van der Waals surface area contributed by atoms with E-state index in [9.17, 15) is 4.79 Å². The molecule has 1 aliphatic heterocycles. The number of carbonyl (C=O) groups is 1. The Labute approximate surface area is 119 Å². The van der Waals surface area contributed by atoms with Crippen LogP contribution in [0.1, 0.15) is 36.5 Å². The number of nitrogens with one attached hydrogen (secondary N) is 1. The zero-order chi connectivity index (χ0) is 14.5. The number of nitrogen functional groups attached to an aromatic ring is 1. The van der Waals surface area contributed by atoms with Gasteiger partial charge in [-0.3, -0.25) is 9.69 Å². The van der Waals surface area contributed by atoms with E-state index >= 15 is 0 Å². The predicted molar refractivity (Wildman–Crippen MR) is 80.5 cm³/mol. The summed E-state index contributed by atoms with van der Waals surface area (Å²) in [6.07, 6.45) is 5.35. The van der Waals surface area contributed by atoms with E-state index in [1.807, 2.05) is 0 Å². The van der Waals surface area contributed by atoms with Crippen LogP contribution < -0.4 is 16.8 Å². The van der Waals surface area contributed by atoms with Gasteiger partial charge >= 0.3 is 0 Å². The molecular formula is C14H23N5O. The summed E-state index contributed by atoms with van der Waals surface area (Å²) in [5, 5.41) is 3.25. The van der Waals surface area contributed by atoms with Crippen molar-refractivity contribution in [1.29, 1.82) is 0 Å². The Hall–Kier alpha value is -1.82. The van der Waals surface area contributed by atoms with Crippen molar-refractivity contribution < 1.29 is 4.79 Å². The van der Waals surface area contributed by atoms with Crippen LogP contribution in [0, 0.1) is 0 Å². The number of anilines is 2. The molecule has 1 aromatic heterocycles. The average Bonchev–Trinajstić information content (AvgIpc) is 2.46. The van der Waals surface area contributed by atoms with Crippen molar-refractivity contribution in [3.63, 3.8) is 0 Å². The second-order valence-corrected chi connectivity index (χ2v) is 5.35. The second kappa shape index (κ2) is 6.56. The molecule has 1 amide bonds. The van der Waals surface area contributed by atoms with Gasteiger partial charge < -0.3 is 16.8 Å². The Kier molecular flexibility index (Phi) is 4.79.